The molecule has 0 N–H and O–H groups in total. The van der Waals surface area contributed by atoms with Gasteiger partial charge in [-0.25, -0.2) is 4.79 Å². The van der Waals surface area contributed by atoms with E-state index in [0.29, 0.717) is 12.1 Å². The van der Waals surface area contributed by atoms with Crippen LogP contribution in [0.15, 0.2) is 42.7 Å². The van der Waals surface area contributed by atoms with E-state index < -0.39 is 10.9 Å². The number of anilines is 1. The first-order valence-electron chi connectivity index (χ1n) is 8.74. The first-order chi connectivity index (χ1) is 12.6. The van der Waals surface area contributed by atoms with Crippen LogP contribution in [0.5, 0.6) is 0 Å². The van der Waals surface area contributed by atoms with E-state index in [0.717, 1.165) is 37.9 Å². The van der Waals surface area contributed by atoms with Gasteiger partial charge in [-0.1, -0.05) is 6.07 Å². The molecule has 0 saturated carbocycles. The van der Waals surface area contributed by atoms with Crippen molar-refractivity contribution in [2.75, 3.05) is 24.6 Å². The van der Waals surface area contributed by atoms with E-state index in [9.17, 15) is 14.9 Å². The van der Waals surface area contributed by atoms with E-state index in [4.69, 9.17) is 4.74 Å². The largest absolute Gasteiger partial charge is 0.462 e. The summed E-state index contributed by atoms with van der Waals surface area (Å²) in [5, 5.41) is 11.4. The predicted octanol–water partition coefficient (Wildman–Crippen LogP) is 3.38. The second-order valence-electron chi connectivity index (χ2n) is 6.26. The molecule has 1 saturated heterocycles. The van der Waals surface area contributed by atoms with Crippen LogP contribution in [0.4, 0.5) is 11.4 Å². The number of pyridine rings is 1. The minimum Gasteiger partial charge on any atom is -0.462 e. The summed E-state index contributed by atoms with van der Waals surface area (Å²) >= 11 is 0. The Balaban J connectivity index is 1.60. The molecule has 1 aliphatic rings. The summed E-state index contributed by atoms with van der Waals surface area (Å²) in [5.41, 5.74) is 1.81. The highest BCUT2D eigenvalue weighted by atomic mass is 16.6. The molecule has 0 spiro atoms. The Kier molecular flexibility index (Phi) is 5.78. The maximum Gasteiger partial charge on any atom is 0.338 e. The first kappa shape index (κ1) is 17.8. The molecule has 2 aromatic rings. The lowest BCUT2D eigenvalue weighted by molar-refractivity contribution is -0.384. The highest BCUT2D eigenvalue weighted by Crippen LogP contribution is 2.31. The monoisotopic (exact) mass is 355 g/mol. The second kappa shape index (κ2) is 8.42. The number of nitro benzene ring substituents is 1. The number of carbonyl (C=O) groups excluding carboxylic acids is 1. The van der Waals surface area contributed by atoms with Crippen molar-refractivity contribution in [1.82, 2.24) is 4.98 Å². The van der Waals surface area contributed by atoms with Crippen LogP contribution in [0.2, 0.25) is 0 Å². The molecule has 0 unspecified atom stereocenters. The zero-order valence-corrected chi connectivity index (χ0v) is 14.5. The van der Waals surface area contributed by atoms with Gasteiger partial charge in [-0.15, -0.1) is 0 Å². The van der Waals surface area contributed by atoms with Crippen molar-refractivity contribution in [3.63, 3.8) is 0 Å². The van der Waals surface area contributed by atoms with Crippen molar-refractivity contribution in [2.24, 2.45) is 0 Å². The van der Waals surface area contributed by atoms with Crippen molar-refractivity contribution in [3.05, 3.63) is 64.0 Å². The van der Waals surface area contributed by atoms with Gasteiger partial charge in [0.2, 0.25) is 0 Å². The fourth-order valence-electron chi connectivity index (χ4n) is 3.09. The molecule has 2 heterocycles. The molecular weight excluding hydrogens is 334 g/mol. The Bertz CT molecular complexity index is 774. The van der Waals surface area contributed by atoms with Crippen LogP contribution in [0.3, 0.4) is 0 Å². The summed E-state index contributed by atoms with van der Waals surface area (Å²) in [7, 11) is 0. The summed E-state index contributed by atoms with van der Waals surface area (Å²) in [6, 6.07) is 8.40. The standard InChI is InChI=1S/C19H21N3O4/c23-19(26-12-4-6-15-5-3-9-20-14-15)16-7-8-17(18(13-16)22(24)25)21-10-1-2-11-21/h3,5,7-9,13-14H,1-2,4,6,10-12H2. The Hall–Kier alpha value is -2.96. The number of hydrogen-bond donors (Lipinski definition) is 0. The lowest BCUT2D eigenvalue weighted by Crippen LogP contribution is -2.19. The van der Waals surface area contributed by atoms with Crippen LogP contribution in [0.25, 0.3) is 0 Å². The van der Waals surface area contributed by atoms with E-state index in [1.165, 1.54) is 6.07 Å². The number of aromatic nitrogens is 1. The average molecular weight is 355 g/mol. The number of hydrogen-bond acceptors (Lipinski definition) is 6. The molecule has 1 aliphatic heterocycles. The molecular formula is C19H21N3O4. The molecule has 0 bridgehead atoms. The number of aryl methyl sites for hydroxylation is 1. The summed E-state index contributed by atoms with van der Waals surface area (Å²) in [4.78, 5) is 29.2. The number of rotatable bonds is 7. The molecule has 0 radical (unpaired) electrons. The quantitative estimate of drug-likeness (QED) is 0.328. The minimum absolute atomic E-state index is 0.0447. The third-order valence-electron chi connectivity index (χ3n) is 4.42. The Morgan fingerprint density at radius 2 is 2.08 bits per heavy atom. The SMILES string of the molecule is O=C(OCCCc1cccnc1)c1ccc(N2CCCC2)c([N+](=O)[O-])c1. The normalized spacial score (nSPS) is 13.6. The molecule has 0 amide bonds. The van der Waals surface area contributed by atoms with Crippen molar-refractivity contribution in [3.8, 4) is 0 Å². The Labute approximate surface area is 151 Å². The highest BCUT2D eigenvalue weighted by Gasteiger charge is 2.24. The lowest BCUT2D eigenvalue weighted by Gasteiger charge is -2.17. The van der Waals surface area contributed by atoms with Gasteiger partial charge in [0.05, 0.1) is 17.1 Å². The van der Waals surface area contributed by atoms with Gasteiger partial charge < -0.3 is 9.64 Å². The van der Waals surface area contributed by atoms with E-state index in [1.807, 2.05) is 17.0 Å². The number of nitrogens with zero attached hydrogens (tertiary/aromatic N) is 3. The van der Waals surface area contributed by atoms with Gasteiger partial charge in [0.15, 0.2) is 0 Å². The minimum atomic E-state index is -0.535. The maximum atomic E-state index is 12.2. The molecule has 1 aromatic heterocycles. The van der Waals surface area contributed by atoms with Crippen LogP contribution in [0.1, 0.15) is 35.2 Å². The van der Waals surface area contributed by atoms with Gasteiger partial charge >= 0.3 is 5.97 Å². The zero-order chi connectivity index (χ0) is 18.4. The van der Waals surface area contributed by atoms with Gasteiger partial charge in [0.25, 0.3) is 5.69 Å². The second-order valence-corrected chi connectivity index (χ2v) is 6.26. The van der Waals surface area contributed by atoms with Gasteiger partial charge in [0, 0.05) is 31.5 Å². The van der Waals surface area contributed by atoms with Crippen molar-refractivity contribution >= 4 is 17.3 Å². The number of nitro groups is 1. The third kappa shape index (κ3) is 4.36. The molecule has 7 heteroatoms. The Morgan fingerprint density at radius 3 is 2.77 bits per heavy atom. The molecule has 26 heavy (non-hydrogen) atoms. The van der Waals surface area contributed by atoms with Crippen LogP contribution in [0, 0.1) is 10.1 Å². The van der Waals surface area contributed by atoms with E-state index in [1.54, 1.807) is 24.5 Å². The van der Waals surface area contributed by atoms with Crippen LogP contribution < -0.4 is 4.90 Å². The molecule has 3 rings (SSSR count). The van der Waals surface area contributed by atoms with Crippen LogP contribution >= 0.6 is 0 Å². The lowest BCUT2D eigenvalue weighted by atomic mass is 10.1. The molecule has 1 aromatic carbocycles. The third-order valence-corrected chi connectivity index (χ3v) is 4.42. The van der Waals surface area contributed by atoms with Gasteiger partial charge in [-0.3, -0.25) is 15.1 Å². The number of benzene rings is 1. The molecule has 0 atom stereocenters. The molecule has 136 valence electrons. The summed E-state index contributed by atoms with van der Waals surface area (Å²) in [5.74, 6) is -0.535. The number of esters is 1. The van der Waals surface area contributed by atoms with Crippen molar-refractivity contribution < 1.29 is 14.5 Å². The molecule has 7 nitrogen and oxygen atoms in total. The van der Waals surface area contributed by atoms with Gasteiger partial charge in [0.1, 0.15) is 5.69 Å². The van der Waals surface area contributed by atoms with E-state index in [2.05, 4.69) is 4.98 Å². The van der Waals surface area contributed by atoms with Gasteiger partial charge in [-0.2, -0.15) is 0 Å². The Morgan fingerprint density at radius 1 is 1.27 bits per heavy atom. The topological polar surface area (TPSA) is 85.6 Å². The number of ether oxygens (including phenoxy) is 1. The fourth-order valence-corrected chi connectivity index (χ4v) is 3.09. The number of carbonyl (C=O) groups is 1. The fraction of sp³-hybridized carbons (Fsp3) is 0.368. The summed E-state index contributed by atoms with van der Waals surface area (Å²) < 4.78 is 5.25. The molecule has 0 aliphatic carbocycles. The summed E-state index contributed by atoms with van der Waals surface area (Å²) in [6.07, 6.45) is 6.97. The van der Waals surface area contributed by atoms with Crippen LogP contribution in [-0.4, -0.2) is 35.6 Å². The molecule has 1 fully saturated rings. The predicted molar refractivity (Wildman–Crippen MR) is 97.4 cm³/mol. The maximum absolute atomic E-state index is 12.2. The van der Waals surface area contributed by atoms with Crippen LogP contribution in [-0.2, 0) is 11.2 Å². The van der Waals surface area contributed by atoms with Crippen molar-refractivity contribution in [1.29, 1.82) is 0 Å². The van der Waals surface area contributed by atoms with Crippen molar-refractivity contribution in [2.45, 2.75) is 25.7 Å². The van der Waals surface area contributed by atoms with E-state index >= 15 is 0 Å². The zero-order valence-electron chi connectivity index (χ0n) is 14.5. The van der Waals surface area contributed by atoms with Gasteiger partial charge in [-0.05, 0) is 49.4 Å². The average Bonchev–Trinajstić information content (AvgIpc) is 3.20. The highest BCUT2D eigenvalue weighted by molar-refractivity contribution is 5.91. The smallest absolute Gasteiger partial charge is 0.338 e. The summed E-state index contributed by atoms with van der Waals surface area (Å²) in [6.45, 7) is 1.87. The van der Waals surface area contributed by atoms with E-state index in [-0.39, 0.29) is 17.9 Å². The first-order valence-corrected chi connectivity index (χ1v) is 8.74.